The third kappa shape index (κ3) is 5.95. The molecule has 0 radical (unpaired) electrons. The number of anilines is 1. The van der Waals surface area contributed by atoms with Gasteiger partial charge in [0.25, 0.3) is 0 Å². The number of rotatable bonds is 9. The van der Waals surface area contributed by atoms with Crippen LogP contribution in [-0.2, 0) is 9.59 Å². The van der Waals surface area contributed by atoms with Gasteiger partial charge in [0.2, 0.25) is 11.8 Å². The van der Waals surface area contributed by atoms with E-state index in [9.17, 15) is 9.59 Å². The summed E-state index contributed by atoms with van der Waals surface area (Å²) in [6, 6.07) is 15.3. The lowest BCUT2D eigenvalue weighted by Gasteiger charge is -2.25. The highest BCUT2D eigenvalue weighted by Crippen LogP contribution is 2.19. The molecule has 3 rings (SSSR count). The van der Waals surface area contributed by atoms with Gasteiger partial charge in [-0.3, -0.25) is 29.8 Å². The van der Waals surface area contributed by atoms with Gasteiger partial charge in [-0.2, -0.15) is 0 Å². The van der Waals surface area contributed by atoms with Crippen LogP contribution in [0, 0.1) is 27.7 Å². The summed E-state index contributed by atoms with van der Waals surface area (Å²) in [6.07, 6.45) is 0.578. The number of carbonyl (C=O) groups is 2. The van der Waals surface area contributed by atoms with Gasteiger partial charge >= 0.3 is 0 Å². The summed E-state index contributed by atoms with van der Waals surface area (Å²) in [7, 11) is 0. The smallest absolute Gasteiger partial charge is 0.240 e. The standard InChI is InChI=1S/C24H30ClN5O2/c1-17-5-6-18(2)29(17)26-23(31)13-15-28(22-11-9-21(25)10-12-22)16-14-24(32)27-30-19(3)7-8-20(30)4/h5-12H,13-16H2,1-4H3,(H,26,31)(H,27,32). The summed E-state index contributed by atoms with van der Waals surface area (Å²) in [4.78, 5) is 27.2. The van der Waals surface area contributed by atoms with Gasteiger partial charge in [-0.15, -0.1) is 0 Å². The first-order valence-electron chi connectivity index (χ1n) is 10.6. The van der Waals surface area contributed by atoms with Crippen molar-refractivity contribution < 1.29 is 9.59 Å². The number of aryl methyl sites for hydroxylation is 4. The van der Waals surface area contributed by atoms with Crippen molar-refractivity contribution in [3.8, 4) is 0 Å². The van der Waals surface area contributed by atoms with Crippen LogP contribution in [0.15, 0.2) is 48.5 Å². The second kappa shape index (κ2) is 10.4. The van der Waals surface area contributed by atoms with Crippen molar-refractivity contribution in [3.63, 3.8) is 0 Å². The molecule has 3 aromatic rings. The van der Waals surface area contributed by atoms with Crippen LogP contribution in [0.2, 0.25) is 5.02 Å². The van der Waals surface area contributed by atoms with Gasteiger partial charge in [0.15, 0.2) is 0 Å². The molecule has 0 aliphatic rings. The van der Waals surface area contributed by atoms with Crippen molar-refractivity contribution >= 4 is 29.1 Å². The molecule has 8 heteroatoms. The lowest BCUT2D eigenvalue weighted by Crippen LogP contribution is -2.34. The van der Waals surface area contributed by atoms with Crippen molar-refractivity contribution in [3.05, 3.63) is 76.3 Å². The molecular formula is C24H30ClN5O2. The maximum absolute atomic E-state index is 12.6. The van der Waals surface area contributed by atoms with E-state index in [4.69, 9.17) is 11.6 Å². The molecule has 32 heavy (non-hydrogen) atoms. The van der Waals surface area contributed by atoms with E-state index in [1.54, 1.807) is 9.35 Å². The molecule has 170 valence electrons. The number of nitrogens with one attached hydrogen (secondary N) is 2. The predicted molar refractivity (Wildman–Crippen MR) is 129 cm³/mol. The summed E-state index contributed by atoms with van der Waals surface area (Å²) in [5, 5.41) is 0.640. The molecule has 1 aromatic carbocycles. The van der Waals surface area contributed by atoms with E-state index in [-0.39, 0.29) is 24.7 Å². The highest BCUT2D eigenvalue weighted by atomic mass is 35.5. The molecule has 0 aliphatic carbocycles. The zero-order valence-corrected chi connectivity index (χ0v) is 19.7. The molecule has 0 aliphatic heterocycles. The number of benzene rings is 1. The Balaban J connectivity index is 1.62. The van der Waals surface area contributed by atoms with Crippen molar-refractivity contribution in [2.45, 2.75) is 40.5 Å². The van der Waals surface area contributed by atoms with E-state index >= 15 is 0 Å². The van der Waals surface area contributed by atoms with Crippen molar-refractivity contribution in [2.24, 2.45) is 0 Å². The molecule has 2 aromatic heterocycles. The monoisotopic (exact) mass is 455 g/mol. The minimum atomic E-state index is -0.0885. The largest absolute Gasteiger partial charge is 0.370 e. The van der Waals surface area contributed by atoms with Crippen LogP contribution in [0.5, 0.6) is 0 Å². The van der Waals surface area contributed by atoms with Crippen molar-refractivity contribution in [2.75, 3.05) is 28.8 Å². The maximum atomic E-state index is 12.6. The number of hydrogen-bond acceptors (Lipinski definition) is 3. The van der Waals surface area contributed by atoms with Gasteiger partial charge < -0.3 is 4.90 Å². The summed E-state index contributed by atoms with van der Waals surface area (Å²) in [5.41, 5.74) is 10.7. The Hall–Kier alpha value is -3.19. The zero-order chi connectivity index (χ0) is 23.3. The number of carbonyl (C=O) groups excluding carboxylic acids is 2. The van der Waals surface area contributed by atoms with E-state index in [2.05, 4.69) is 10.9 Å². The predicted octanol–water partition coefficient (Wildman–Crippen LogP) is 4.30. The Bertz CT molecular complexity index is 981. The minimum Gasteiger partial charge on any atom is -0.370 e. The maximum Gasteiger partial charge on any atom is 0.240 e. The average molecular weight is 456 g/mol. The Morgan fingerprint density at radius 1 is 0.719 bits per heavy atom. The number of nitrogens with zero attached hydrogens (tertiary/aromatic N) is 3. The topological polar surface area (TPSA) is 71.3 Å². The van der Waals surface area contributed by atoms with E-state index in [0.717, 1.165) is 28.5 Å². The molecule has 0 fully saturated rings. The van der Waals surface area contributed by atoms with Crippen LogP contribution in [0.1, 0.15) is 35.6 Å². The third-order valence-corrected chi connectivity index (χ3v) is 5.68. The van der Waals surface area contributed by atoms with Crippen LogP contribution in [0.25, 0.3) is 0 Å². The van der Waals surface area contributed by atoms with Crippen LogP contribution >= 0.6 is 11.6 Å². The van der Waals surface area contributed by atoms with Crippen LogP contribution < -0.4 is 15.8 Å². The van der Waals surface area contributed by atoms with Gasteiger partial charge in [-0.05, 0) is 76.2 Å². The third-order valence-electron chi connectivity index (χ3n) is 5.42. The fraction of sp³-hybridized carbons (Fsp3) is 0.333. The molecule has 0 atom stereocenters. The van der Waals surface area contributed by atoms with Crippen LogP contribution in [0.4, 0.5) is 5.69 Å². The van der Waals surface area contributed by atoms with E-state index in [0.29, 0.717) is 18.1 Å². The molecule has 0 saturated heterocycles. The summed E-state index contributed by atoms with van der Waals surface area (Å²) in [5.74, 6) is -0.177. The molecule has 0 saturated carbocycles. The second-order valence-corrected chi connectivity index (χ2v) is 8.37. The Kier molecular flexibility index (Phi) is 7.64. The number of halogens is 1. The molecule has 7 nitrogen and oxygen atoms in total. The highest BCUT2D eigenvalue weighted by molar-refractivity contribution is 6.30. The first kappa shape index (κ1) is 23.5. The van der Waals surface area contributed by atoms with Gasteiger partial charge in [0.05, 0.1) is 0 Å². The molecule has 2 N–H and O–H groups in total. The normalized spacial score (nSPS) is 10.8. The molecule has 2 heterocycles. The fourth-order valence-corrected chi connectivity index (χ4v) is 3.67. The van der Waals surface area contributed by atoms with E-state index in [1.165, 1.54) is 0 Å². The van der Waals surface area contributed by atoms with Crippen LogP contribution in [0.3, 0.4) is 0 Å². The van der Waals surface area contributed by atoms with Gasteiger partial charge in [0.1, 0.15) is 0 Å². The Morgan fingerprint density at radius 2 is 1.09 bits per heavy atom. The zero-order valence-electron chi connectivity index (χ0n) is 19.0. The average Bonchev–Trinajstić information content (AvgIpc) is 3.25. The SMILES string of the molecule is Cc1ccc(C)n1NC(=O)CCN(CCC(=O)Nn1c(C)ccc1C)c1ccc(Cl)cc1. The van der Waals surface area contributed by atoms with E-state index < -0.39 is 0 Å². The molecular weight excluding hydrogens is 426 g/mol. The Labute approximate surface area is 193 Å². The molecule has 0 unspecified atom stereocenters. The lowest BCUT2D eigenvalue weighted by atomic mass is 10.2. The summed E-state index contributed by atoms with van der Waals surface area (Å²) >= 11 is 6.04. The second-order valence-electron chi connectivity index (χ2n) is 7.94. The number of aromatic nitrogens is 2. The number of hydrogen-bond donors (Lipinski definition) is 2. The van der Waals surface area contributed by atoms with E-state index in [1.807, 2.05) is 81.1 Å². The summed E-state index contributed by atoms with van der Waals surface area (Å²) in [6.45, 7) is 8.73. The lowest BCUT2D eigenvalue weighted by molar-refractivity contribution is -0.117. The van der Waals surface area contributed by atoms with Gasteiger partial charge in [-0.25, -0.2) is 0 Å². The van der Waals surface area contributed by atoms with Crippen LogP contribution in [-0.4, -0.2) is 34.3 Å². The van der Waals surface area contributed by atoms with Gasteiger partial charge in [-0.1, -0.05) is 11.6 Å². The molecule has 2 amide bonds. The fourth-order valence-electron chi connectivity index (χ4n) is 3.55. The number of amides is 2. The first-order valence-corrected chi connectivity index (χ1v) is 11.0. The molecule has 0 spiro atoms. The summed E-state index contributed by atoms with van der Waals surface area (Å²) < 4.78 is 3.56. The van der Waals surface area contributed by atoms with Crippen molar-refractivity contribution in [1.82, 2.24) is 9.35 Å². The minimum absolute atomic E-state index is 0.0885. The highest BCUT2D eigenvalue weighted by Gasteiger charge is 2.14. The van der Waals surface area contributed by atoms with Crippen molar-refractivity contribution in [1.29, 1.82) is 0 Å². The first-order chi connectivity index (χ1) is 15.2. The quantitative estimate of drug-likeness (QED) is 0.505. The molecule has 0 bridgehead atoms. The van der Waals surface area contributed by atoms with Gasteiger partial charge in [0, 0.05) is 59.4 Å². The Morgan fingerprint density at radius 3 is 1.47 bits per heavy atom.